The first kappa shape index (κ1) is 25.8. The van der Waals surface area contributed by atoms with Crippen LogP contribution in [0.4, 0.5) is 10.6 Å². The Morgan fingerprint density at radius 2 is 1.73 bits per heavy atom. The highest BCUT2D eigenvalue weighted by molar-refractivity contribution is 6.43. The first-order chi connectivity index (χ1) is 19.1. The minimum absolute atomic E-state index is 0.0301. The standard InChI is InChI=1S/C27H29Cl2N7O4/c1-27(2,3)40-26(38)34-8-9-35-15(10-34)11-39-21-16-23(35)33-25(37)36(24(16)32-22(29)17(21)28)20-18(13-4-5-13)30-12-31-19(20)14-6-7-14/h12-15H,4-11H2,1-3H3/t15-/m1/s1. The number of pyridine rings is 1. The van der Waals surface area contributed by atoms with Crippen LogP contribution in [0.1, 0.15) is 69.7 Å². The largest absolute Gasteiger partial charge is 0.489 e. The van der Waals surface area contributed by atoms with Gasteiger partial charge in [-0.05, 0) is 46.5 Å². The maximum absolute atomic E-state index is 14.0. The molecular formula is C27H29Cl2N7O4. The lowest BCUT2D eigenvalue weighted by molar-refractivity contribution is 0.0202. The van der Waals surface area contributed by atoms with Gasteiger partial charge in [0.2, 0.25) is 0 Å². The van der Waals surface area contributed by atoms with Gasteiger partial charge in [-0.2, -0.15) is 4.98 Å². The van der Waals surface area contributed by atoms with Crippen molar-refractivity contribution in [2.24, 2.45) is 0 Å². The van der Waals surface area contributed by atoms with Gasteiger partial charge in [0.1, 0.15) is 34.8 Å². The first-order valence-electron chi connectivity index (χ1n) is 13.6. The number of carbonyl (C=O) groups is 1. The highest BCUT2D eigenvalue weighted by Gasteiger charge is 2.40. The van der Waals surface area contributed by atoms with E-state index in [2.05, 4.69) is 19.9 Å². The van der Waals surface area contributed by atoms with E-state index in [-0.39, 0.29) is 34.7 Å². The smallest absolute Gasteiger partial charge is 0.410 e. The molecule has 3 aromatic rings. The fourth-order valence-corrected chi connectivity index (χ4v) is 5.95. The van der Waals surface area contributed by atoms with Gasteiger partial charge in [-0.1, -0.05) is 23.2 Å². The lowest BCUT2D eigenvalue weighted by Gasteiger charge is -2.41. The predicted octanol–water partition coefficient (Wildman–Crippen LogP) is 4.45. The van der Waals surface area contributed by atoms with Crippen LogP contribution in [-0.2, 0) is 4.74 Å². The van der Waals surface area contributed by atoms with E-state index in [0.717, 1.165) is 37.1 Å². The average molecular weight is 586 g/mol. The van der Waals surface area contributed by atoms with Gasteiger partial charge >= 0.3 is 11.8 Å². The molecule has 3 fully saturated rings. The third kappa shape index (κ3) is 4.34. The number of ether oxygens (including phenoxy) is 2. The van der Waals surface area contributed by atoms with Crippen LogP contribution in [0.2, 0.25) is 10.2 Å². The van der Waals surface area contributed by atoms with Crippen LogP contribution >= 0.6 is 23.2 Å². The second-order valence-electron chi connectivity index (χ2n) is 11.9. The molecule has 4 aliphatic rings. The molecule has 1 atom stereocenters. The van der Waals surface area contributed by atoms with Crippen molar-refractivity contribution in [1.82, 2.24) is 29.4 Å². The zero-order valence-corrected chi connectivity index (χ0v) is 24.0. The van der Waals surface area contributed by atoms with Gasteiger partial charge in [0.25, 0.3) is 0 Å². The van der Waals surface area contributed by atoms with Crippen LogP contribution in [0, 0.1) is 0 Å². The van der Waals surface area contributed by atoms with E-state index in [0.29, 0.717) is 47.9 Å². The van der Waals surface area contributed by atoms with Crippen molar-refractivity contribution in [3.05, 3.63) is 38.4 Å². The molecule has 3 aromatic heterocycles. The Morgan fingerprint density at radius 1 is 1.05 bits per heavy atom. The van der Waals surface area contributed by atoms with E-state index in [1.54, 1.807) is 11.2 Å². The molecule has 210 valence electrons. The quantitative estimate of drug-likeness (QED) is 0.411. The minimum atomic E-state index is -0.613. The van der Waals surface area contributed by atoms with Crippen molar-refractivity contribution in [2.45, 2.75) is 69.9 Å². The Kier molecular flexibility index (Phi) is 5.91. The molecule has 11 nitrogen and oxygen atoms in total. The minimum Gasteiger partial charge on any atom is -0.489 e. The van der Waals surface area contributed by atoms with E-state index in [1.165, 1.54) is 4.57 Å². The summed E-state index contributed by atoms with van der Waals surface area (Å²) in [7, 11) is 0. The Balaban J connectivity index is 1.39. The molecule has 7 rings (SSSR count). The van der Waals surface area contributed by atoms with E-state index in [1.807, 2.05) is 25.7 Å². The van der Waals surface area contributed by atoms with Crippen molar-refractivity contribution >= 4 is 46.1 Å². The molecule has 2 aliphatic heterocycles. The first-order valence-corrected chi connectivity index (χ1v) is 14.4. The van der Waals surface area contributed by atoms with Crippen molar-refractivity contribution in [2.75, 3.05) is 31.1 Å². The molecule has 0 N–H and O–H groups in total. The van der Waals surface area contributed by atoms with Crippen LogP contribution in [-0.4, -0.2) is 73.4 Å². The van der Waals surface area contributed by atoms with E-state index >= 15 is 0 Å². The number of aromatic nitrogens is 5. The van der Waals surface area contributed by atoms with Gasteiger partial charge in [0.05, 0.1) is 23.1 Å². The number of hydrogen-bond donors (Lipinski definition) is 0. The van der Waals surface area contributed by atoms with Crippen LogP contribution in [0.3, 0.4) is 0 Å². The average Bonchev–Trinajstić information content (AvgIpc) is 3.80. The Morgan fingerprint density at radius 3 is 2.35 bits per heavy atom. The summed E-state index contributed by atoms with van der Waals surface area (Å²) in [6, 6.07) is -0.293. The van der Waals surface area contributed by atoms with Crippen molar-refractivity contribution < 1.29 is 14.3 Å². The summed E-state index contributed by atoms with van der Waals surface area (Å²) in [5.41, 5.74) is 1.54. The van der Waals surface area contributed by atoms with Crippen molar-refractivity contribution in [3.63, 3.8) is 0 Å². The predicted molar refractivity (Wildman–Crippen MR) is 149 cm³/mol. The molecule has 2 saturated carbocycles. The molecule has 0 bridgehead atoms. The molecular weight excluding hydrogens is 557 g/mol. The number of rotatable bonds is 3. The highest BCUT2D eigenvalue weighted by atomic mass is 35.5. The highest BCUT2D eigenvalue weighted by Crippen LogP contribution is 2.49. The number of piperazine rings is 1. The molecule has 1 saturated heterocycles. The van der Waals surface area contributed by atoms with Gasteiger partial charge in [-0.3, -0.25) is 0 Å². The topological polar surface area (TPSA) is 116 Å². The van der Waals surface area contributed by atoms with E-state index in [9.17, 15) is 9.59 Å². The molecule has 0 spiro atoms. The maximum Gasteiger partial charge on any atom is 0.410 e. The molecule has 0 radical (unpaired) electrons. The van der Waals surface area contributed by atoms with Crippen molar-refractivity contribution in [3.8, 4) is 11.4 Å². The van der Waals surface area contributed by atoms with Crippen LogP contribution in [0.5, 0.6) is 5.75 Å². The van der Waals surface area contributed by atoms with E-state index in [4.69, 9.17) is 32.7 Å². The van der Waals surface area contributed by atoms with Gasteiger partial charge in [0, 0.05) is 31.5 Å². The lowest BCUT2D eigenvalue weighted by atomic mass is 10.1. The molecule has 13 heteroatoms. The second-order valence-corrected chi connectivity index (χ2v) is 12.7. The molecule has 2 aliphatic carbocycles. The summed E-state index contributed by atoms with van der Waals surface area (Å²) < 4.78 is 13.4. The zero-order valence-electron chi connectivity index (χ0n) is 22.5. The molecule has 5 heterocycles. The Hall–Kier alpha value is -3.18. The summed E-state index contributed by atoms with van der Waals surface area (Å²) in [4.78, 5) is 48.9. The Labute approximate surface area is 240 Å². The SMILES string of the molecule is CC(C)(C)OC(=O)N1CCN2c3nc(=O)n(-c4c(C5CC5)ncnc4C4CC4)c4nc(Cl)c(Cl)c(c34)OC[C@H]2C1. The summed E-state index contributed by atoms with van der Waals surface area (Å²) in [5, 5.41) is 0.692. The molecule has 1 amide bonds. The number of hydrogen-bond acceptors (Lipinski definition) is 9. The summed E-state index contributed by atoms with van der Waals surface area (Å²) >= 11 is 13.2. The van der Waals surface area contributed by atoms with Gasteiger partial charge < -0.3 is 19.3 Å². The van der Waals surface area contributed by atoms with Crippen LogP contribution in [0.25, 0.3) is 16.7 Å². The third-order valence-corrected chi connectivity index (χ3v) is 8.44. The zero-order chi connectivity index (χ0) is 27.9. The number of nitrogens with zero attached hydrogens (tertiary/aromatic N) is 7. The monoisotopic (exact) mass is 585 g/mol. The fourth-order valence-electron chi connectivity index (χ4n) is 5.59. The van der Waals surface area contributed by atoms with Gasteiger partial charge in [0.15, 0.2) is 16.5 Å². The number of anilines is 1. The maximum atomic E-state index is 14.0. The van der Waals surface area contributed by atoms with Gasteiger partial charge in [-0.15, -0.1) is 0 Å². The summed E-state index contributed by atoms with van der Waals surface area (Å²) in [6.07, 6.45) is 5.21. The lowest BCUT2D eigenvalue weighted by Crippen LogP contribution is -2.57. The van der Waals surface area contributed by atoms with Crippen molar-refractivity contribution in [1.29, 1.82) is 0 Å². The number of amides is 1. The third-order valence-electron chi connectivity index (χ3n) is 7.72. The van der Waals surface area contributed by atoms with Gasteiger partial charge in [-0.25, -0.2) is 29.1 Å². The molecule has 0 unspecified atom stereocenters. The normalized spacial score (nSPS) is 20.7. The number of halogens is 2. The second kappa shape index (κ2) is 9.17. The number of carbonyl (C=O) groups excluding carboxylic acids is 1. The fraction of sp³-hybridized carbons (Fsp3) is 0.556. The van der Waals surface area contributed by atoms with Crippen LogP contribution in [0.15, 0.2) is 11.1 Å². The summed E-state index contributed by atoms with van der Waals surface area (Å²) in [6.45, 7) is 6.86. The Bertz CT molecular complexity index is 1580. The molecule has 0 aromatic carbocycles. The molecule has 40 heavy (non-hydrogen) atoms. The summed E-state index contributed by atoms with van der Waals surface area (Å²) in [5.74, 6) is 1.26. The van der Waals surface area contributed by atoms with Crippen LogP contribution < -0.4 is 15.3 Å². The number of fused-ring (bicyclic) bond motifs is 2. The van der Waals surface area contributed by atoms with E-state index < -0.39 is 17.4 Å².